The van der Waals surface area contributed by atoms with Gasteiger partial charge in [-0.3, -0.25) is 14.4 Å². The number of likely N-dealkylation sites (tertiary alicyclic amines) is 1. The van der Waals surface area contributed by atoms with Crippen LogP contribution in [0.5, 0.6) is 0 Å². The first kappa shape index (κ1) is 64.3. The Morgan fingerprint density at radius 1 is 0.426 bits per heavy atom. The maximum atomic E-state index is 13.2. The SMILES string of the molecule is CCCCCCCCCC(CCCCCCC)C(=O)OCCCCCCC(O)(CCCCCCOC(=O)C(CCCCCCC)CCCCCCCCC)CCCCOC(=O)C1CCN(C)CC1. The Morgan fingerprint density at radius 2 is 0.706 bits per heavy atom. The van der Waals surface area contributed by atoms with E-state index in [9.17, 15) is 19.5 Å². The van der Waals surface area contributed by atoms with Gasteiger partial charge in [0.2, 0.25) is 0 Å². The fourth-order valence-corrected chi connectivity index (χ4v) is 10.3. The van der Waals surface area contributed by atoms with Gasteiger partial charge in [0.15, 0.2) is 0 Å². The minimum absolute atomic E-state index is 0.0171. The van der Waals surface area contributed by atoms with Crippen molar-refractivity contribution in [2.75, 3.05) is 40.0 Å². The first-order valence-electron chi connectivity index (χ1n) is 30.1. The fourth-order valence-electron chi connectivity index (χ4n) is 10.3. The maximum Gasteiger partial charge on any atom is 0.309 e. The number of hydrogen-bond acceptors (Lipinski definition) is 8. The molecule has 402 valence electrons. The first-order chi connectivity index (χ1) is 33.2. The van der Waals surface area contributed by atoms with E-state index in [1.165, 1.54) is 128 Å². The number of unbranched alkanes of at least 4 members (excludes halogenated alkanes) is 27. The van der Waals surface area contributed by atoms with Gasteiger partial charge in [0.25, 0.3) is 0 Å². The van der Waals surface area contributed by atoms with Gasteiger partial charge < -0.3 is 24.2 Å². The number of carbonyl (C=O) groups excluding carboxylic acids is 3. The molecule has 0 aromatic carbocycles. The van der Waals surface area contributed by atoms with Crippen molar-refractivity contribution in [1.82, 2.24) is 4.90 Å². The van der Waals surface area contributed by atoms with Crippen LogP contribution in [0.4, 0.5) is 0 Å². The van der Waals surface area contributed by atoms with Crippen LogP contribution in [-0.4, -0.2) is 73.5 Å². The molecule has 0 radical (unpaired) electrons. The Kier molecular flexibility index (Phi) is 43.9. The molecule has 1 aliphatic rings. The van der Waals surface area contributed by atoms with E-state index in [2.05, 4.69) is 39.6 Å². The molecule has 0 aromatic heterocycles. The molecule has 0 spiro atoms. The molecular formula is C60H115NO7. The molecule has 1 rings (SSSR count). The van der Waals surface area contributed by atoms with E-state index in [4.69, 9.17) is 14.2 Å². The van der Waals surface area contributed by atoms with Crippen LogP contribution in [0, 0.1) is 17.8 Å². The minimum Gasteiger partial charge on any atom is -0.465 e. The third-order valence-corrected chi connectivity index (χ3v) is 15.2. The average molecular weight is 963 g/mol. The molecule has 0 amide bonds. The number of carbonyl (C=O) groups is 3. The predicted molar refractivity (Wildman–Crippen MR) is 287 cm³/mol. The molecule has 1 fully saturated rings. The summed E-state index contributed by atoms with van der Waals surface area (Å²) in [6.07, 6.45) is 47.0. The zero-order chi connectivity index (χ0) is 49.6. The molecule has 1 heterocycles. The summed E-state index contributed by atoms with van der Waals surface area (Å²) in [5, 5.41) is 12.0. The lowest BCUT2D eigenvalue weighted by Crippen LogP contribution is -2.34. The van der Waals surface area contributed by atoms with Crippen LogP contribution in [0.15, 0.2) is 0 Å². The number of esters is 3. The first-order valence-corrected chi connectivity index (χ1v) is 30.1. The van der Waals surface area contributed by atoms with E-state index in [0.29, 0.717) is 26.2 Å². The molecule has 2 unspecified atom stereocenters. The average Bonchev–Trinajstić information content (AvgIpc) is 3.33. The van der Waals surface area contributed by atoms with Crippen LogP contribution < -0.4 is 0 Å². The third kappa shape index (κ3) is 37.2. The molecule has 1 aliphatic heterocycles. The molecule has 8 heteroatoms. The largest absolute Gasteiger partial charge is 0.465 e. The van der Waals surface area contributed by atoms with Crippen molar-refractivity contribution in [2.45, 2.75) is 309 Å². The monoisotopic (exact) mass is 962 g/mol. The molecule has 1 N–H and O–H groups in total. The van der Waals surface area contributed by atoms with Crippen molar-refractivity contribution >= 4 is 17.9 Å². The molecule has 68 heavy (non-hydrogen) atoms. The van der Waals surface area contributed by atoms with Crippen molar-refractivity contribution in [3.8, 4) is 0 Å². The van der Waals surface area contributed by atoms with Gasteiger partial charge >= 0.3 is 17.9 Å². The van der Waals surface area contributed by atoms with Crippen LogP contribution in [0.25, 0.3) is 0 Å². The van der Waals surface area contributed by atoms with Gasteiger partial charge in [0.1, 0.15) is 0 Å². The van der Waals surface area contributed by atoms with Crippen LogP contribution in [-0.2, 0) is 28.6 Å². The highest BCUT2D eigenvalue weighted by molar-refractivity contribution is 5.73. The highest BCUT2D eigenvalue weighted by Gasteiger charge is 2.27. The number of ether oxygens (including phenoxy) is 3. The third-order valence-electron chi connectivity index (χ3n) is 15.2. The van der Waals surface area contributed by atoms with E-state index in [1.807, 2.05) is 0 Å². The molecule has 0 aliphatic carbocycles. The van der Waals surface area contributed by atoms with Gasteiger partial charge in [-0.1, -0.05) is 220 Å². The van der Waals surface area contributed by atoms with Crippen LogP contribution in [0.3, 0.4) is 0 Å². The van der Waals surface area contributed by atoms with Gasteiger partial charge in [-0.2, -0.15) is 0 Å². The second kappa shape index (κ2) is 46.4. The Morgan fingerprint density at radius 3 is 1.07 bits per heavy atom. The van der Waals surface area contributed by atoms with E-state index in [1.54, 1.807) is 0 Å². The van der Waals surface area contributed by atoms with Crippen molar-refractivity contribution in [1.29, 1.82) is 0 Å². The van der Waals surface area contributed by atoms with Crippen molar-refractivity contribution in [3.05, 3.63) is 0 Å². The molecule has 1 saturated heterocycles. The predicted octanol–water partition coefficient (Wildman–Crippen LogP) is 17.0. The smallest absolute Gasteiger partial charge is 0.309 e. The summed E-state index contributed by atoms with van der Waals surface area (Å²) in [5.74, 6) is 0.0913. The summed E-state index contributed by atoms with van der Waals surface area (Å²) in [4.78, 5) is 41.4. The van der Waals surface area contributed by atoms with Crippen molar-refractivity contribution < 1.29 is 33.7 Å². The quantitative estimate of drug-likeness (QED) is 0.0365. The van der Waals surface area contributed by atoms with Gasteiger partial charge in [-0.05, 0) is 104 Å². The van der Waals surface area contributed by atoms with E-state index < -0.39 is 5.60 Å². The van der Waals surface area contributed by atoms with E-state index in [0.717, 1.165) is 154 Å². The summed E-state index contributed by atoms with van der Waals surface area (Å²) in [5.41, 5.74) is -0.738. The Balaban J connectivity index is 2.58. The lowest BCUT2D eigenvalue weighted by atomic mass is 9.85. The lowest BCUT2D eigenvalue weighted by Gasteiger charge is -2.29. The molecule has 0 bridgehead atoms. The fraction of sp³-hybridized carbons (Fsp3) is 0.950. The van der Waals surface area contributed by atoms with E-state index >= 15 is 0 Å². The zero-order valence-electron chi connectivity index (χ0n) is 46.0. The number of rotatable bonds is 50. The highest BCUT2D eigenvalue weighted by atomic mass is 16.5. The van der Waals surface area contributed by atoms with Crippen LogP contribution >= 0.6 is 0 Å². The van der Waals surface area contributed by atoms with Gasteiger partial charge in [-0.15, -0.1) is 0 Å². The van der Waals surface area contributed by atoms with Gasteiger partial charge in [0, 0.05) is 0 Å². The maximum absolute atomic E-state index is 13.2. The number of hydrogen-bond donors (Lipinski definition) is 1. The van der Waals surface area contributed by atoms with Crippen LogP contribution in [0.2, 0.25) is 0 Å². The highest BCUT2D eigenvalue weighted by Crippen LogP contribution is 2.29. The molecule has 0 aromatic rings. The topological polar surface area (TPSA) is 102 Å². The Hall–Kier alpha value is -1.67. The summed E-state index contributed by atoms with van der Waals surface area (Å²) in [7, 11) is 2.10. The number of nitrogens with zero attached hydrogens (tertiary/aromatic N) is 1. The normalized spacial score (nSPS) is 15.3. The summed E-state index contributed by atoms with van der Waals surface area (Å²) >= 11 is 0. The second-order valence-electron chi connectivity index (χ2n) is 21.7. The van der Waals surface area contributed by atoms with E-state index in [-0.39, 0.29) is 35.7 Å². The van der Waals surface area contributed by atoms with Gasteiger partial charge in [-0.25, -0.2) is 0 Å². The number of aliphatic hydroxyl groups is 1. The Bertz CT molecular complexity index is 1080. The van der Waals surface area contributed by atoms with Crippen molar-refractivity contribution in [2.24, 2.45) is 17.8 Å². The molecular weight excluding hydrogens is 847 g/mol. The molecule has 0 saturated carbocycles. The van der Waals surface area contributed by atoms with Crippen LogP contribution in [0.1, 0.15) is 304 Å². The second-order valence-corrected chi connectivity index (χ2v) is 21.7. The standard InChI is InChI=1S/C60H115NO7/c1-6-10-14-18-20-24-32-42-54(40-30-22-16-12-8-3)57(62)66-51-37-28-26-34-46-60(65,48-36-39-53-68-59(64)56-44-49-61(5)50-45-56)47-35-27-29-38-52-67-58(63)55(41-31-23-17-13-9-4)43-33-25-21-19-15-11-7-2/h54-56,65H,6-53H2,1-5H3. The summed E-state index contributed by atoms with van der Waals surface area (Å²) < 4.78 is 17.5. The summed E-state index contributed by atoms with van der Waals surface area (Å²) in [6, 6.07) is 0. The lowest BCUT2D eigenvalue weighted by molar-refractivity contribution is -0.150. The summed E-state index contributed by atoms with van der Waals surface area (Å²) in [6.45, 7) is 12.3. The van der Waals surface area contributed by atoms with Crippen molar-refractivity contribution in [3.63, 3.8) is 0 Å². The Labute approximate surface area is 422 Å². The minimum atomic E-state index is -0.738. The molecule has 8 nitrogen and oxygen atoms in total. The zero-order valence-corrected chi connectivity index (χ0v) is 46.0. The number of piperidine rings is 1. The van der Waals surface area contributed by atoms with Gasteiger partial charge in [0.05, 0.1) is 43.2 Å². The molecule has 2 atom stereocenters.